The summed E-state index contributed by atoms with van der Waals surface area (Å²) in [4.78, 5) is 11.8. The van der Waals surface area contributed by atoms with E-state index in [1.807, 2.05) is 0 Å². The Labute approximate surface area is 103 Å². The van der Waals surface area contributed by atoms with E-state index in [4.69, 9.17) is 11.6 Å². The molecule has 0 saturated heterocycles. The largest absolute Gasteiger partial charge is 0.322 e. The highest BCUT2D eigenvalue weighted by Crippen LogP contribution is 2.13. The first-order chi connectivity index (χ1) is 8.15. The molecule has 0 radical (unpaired) electrons. The van der Waals surface area contributed by atoms with Crippen molar-refractivity contribution >= 4 is 23.2 Å². The number of carbonyl (C=O) groups is 1. The highest BCUT2D eigenvalue weighted by atomic mass is 35.5. The molecule has 2 rings (SSSR count). The number of halogens is 2. The molecule has 2 nitrogen and oxygen atoms in total. The summed E-state index contributed by atoms with van der Waals surface area (Å²) in [6, 6.07) is 12.2. The zero-order valence-corrected chi connectivity index (χ0v) is 9.54. The quantitative estimate of drug-likeness (QED) is 0.863. The summed E-state index contributed by atoms with van der Waals surface area (Å²) in [6.07, 6.45) is 0. The molecule has 2 aromatic rings. The van der Waals surface area contributed by atoms with Gasteiger partial charge in [-0.15, -0.1) is 0 Å². The summed E-state index contributed by atoms with van der Waals surface area (Å²) in [6.45, 7) is 0. The van der Waals surface area contributed by atoms with Gasteiger partial charge in [0.15, 0.2) is 0 Å². The zero-order chi connectivity index (χ0) is 12.3. The van der Waals surface area contributed by atoms with Crippen molar-refractivity contribution in [3.8, 4) is 0 Å². The van der Waals surface area contributed by atoms with Crippen LogP contribution in [0.25, 0.3) is 0 Å². The van der Waals surface area contributed by atoms with Crippen molar-refractivity contribution in [2.75, 3.05) is 5.32 Å². The monoisotopic (exact) mass is 249 g/mol. The molecule has 17 heavy (non-hydrogen) atoms. The van der Waals surface area contributed by atoms with Crippen LogP contribution in [0.4, 0.5) is 10.1 Å². The number of rotatable bonds is 2. The van der Waals surface area contributed by atoms with E-state index in [0.717, 1.165) is 0 Å². The van der Waals surface area contributed by atoms with E-state index in [2.05, 4.69) is 5.32 Å². The average Bonchev–Trinajstić information content (AvgIpc) is 2.32. The van der Waals surface area contributed by atoms with E-state index >= 15 is 0 Å². The van der Waals surface area contributed by atoms with Gasteiger partial charge in [0.2, 0.25) is 0 Å². The first-order valence-electron chi connectivity index (χ1n) is 4.97. The van der Waals surface area contributed by atoms with Gasteiger partial charge in [-0.25, -0.2) is 4.39 Å². The van der Waals surface area contributed by atoms with Crippen molar-refractivity contribution in [1.82, 2.24) is 0 Å². The van der Waals surface area contributed by atoms with Gasteiger partial charge in [-0.2, -0.15) is 0 Å². The fourth-order valence-electron chi connectivity index (χ4n) is 1.37. The topological polar surface area (TPSA) is 29.1 Å². The Balaban J connectivity index is 2.14. The lowest BCUT2D eigenvalue weighted by Crippen LogP contribution is -2.11. The third kappa shape index (κ3) is 3.04. The van der Waals surface area contributed by atoms with Crippen LogP contribution in [0.3, 0.4) is 0 Å². The molecule has 1 N–H and O–H groups in total. The number of hydrogen-bond donors (Lipinski definition) is 1. The lowest BCUT2D eigenvalue weighted by Gasteiger charge is -2.05. The van der Waals surface area contributed by atoms with Crippen LogP contribution in [-0.2, 0) is 0 Å². The van der Waals surface area contributed by atoms with Gasteiger partial charge in [0.25, 0.3) is 5.91 Å². The van der Waals surface area contributed by atoms with Crippen molar-refractivity contribution in [2.24, 2.45) is 0 Å². The van der Waals surface area contributed by atoms with Crippen molar-refractivity contribution in [1.29, 1.82) is 0 Å². The Kier molecular flexibility index (Phi) is 3.40. The first kappa shape index (κ1) is 11.6. The van der Waals surface area contributed by atoms with Crippen LogP contribution in [0, 0.1) is 5.82 Å². The van der Waals surface area contributed by atoms with Gasteiger partial charge in [-0.3, -0.25) is 4.79 Å². The third-order valence-electron chi connectivity index (χ3n) is 2.19. The standard InChI is InChI=1S/C13H9ClFNO/c14-10-3-1-2-9(8-10)13(17)16-12-6-4-11(15)5-7-12/h1-8H,(H,16,17). The fraction of sp³-hybridized carbons (Fsp3) is 0. The highest BCUT2D eigenvalue weighted by molar-refractivity contribution is 6.31. The van der Waals surface area contributed by atoms with Gasteiger partial charge in [-0.05, 0) is 42.5 Å². The van der Waals surface area contributed by atoms with E-state index in [0.29, 0.717) is 16.3 Å². The molecule has 1 amide bonds. The molecule has 0 fully saturated rings. The summed E-state index contributed by atoms with van der Waals surface area (Å²) in [5.74, 6) is -0.620. The minimum atomic E-state index is -0.342. The highest BCUT2D eigenvalue weighted by Gasteiger charge is 2.06. The van der Waals surface area contributed by atoms with Gasteiger partial charge >= 0.3 is 0 Å². The van der Waals surface area contributed by atoms with E-state index < -0.39 is 0 Å². The second kappa shape index (κ2) is 4.97. The predicted octanol–water partition coefficient (Wildman–Crippen LogP) is 3.73. The Morgan fingerprint density at radius 3 is 2.47 bits per heavy atom. The lowest BCUT2D eigenvalue weighted by atomic mass is 10.2. The molecule has 0 saturated carbocycles. The zero-order valence-electron chi connectivity index (χ0n) is 8.78. The molecule has 0 aliphatic carbocycles. The van der Waals surface area contributed by atoms with Crippen LogP contribution in [0.2, 0.25) is 5.02 Å². The van der Waals surface area contributed by atoms with Crippen LogP contribution in [0.5, 0.6) is 0 Å². The van der Waals surface area contributed by atoms with Crippen LogP contribution in [0.1, 0.15) is 10.4 Å². The normalized spacial score (nSPS) is 10.0. The van der Waals surface area contributed by atoms with Gasteiger partial charge in [0.05, 0.1) is 0 Å². The molecule has 0 heterocycles. The van der Waals surface area contributed by atoms with Gasteiger partial charge in [0, 0.05) is 16.3 Å². The SMILES string of the molecule is O=C(Nc1ccc(F)cc1)c1cccc(Cl)c1. The molecular weight excluding hydrogens is 241 g/mol. The molecule has 0 spiro atoms. The van der Waals surface area contributed by atoms with Crippen LogP contribution in [-0.4, -0.2) is 5.91 Å². The maximum absolute atomic E-state index is 12.7. The number of anilines is 1. The molecule has 0 bridgehead atoms. The molecule has 0 aromatic heterocycles. The second-order valence-corrected chi connectivity index (χ2v) is 3.91. The van der Waals surface area contributed by atoms with Crippen molar-refractivity contribution in [2.45, 2.75) is 0 Å². The van der Waals surface area contributed by atoms with Crippen molar-refractivity contribution in [3.63, 3.8) is 0 Å². The summed E-state index contributed by atoms with van der Waals surface area (Å²) in [5, 5.41) is 3.15. The molecular formula is C13H9ClFNO. The lowest BCUT2D eigenvalue weighted by molar-refractivity contribution is 0.102. The number of carbonyl (C=O) groups excluding carboxylic acids is 1. The second-order valence-electron chi connectivity index (χ2n) is 3.47. The Morgan fingerprint density at radius 1 is 1.12 bits per heavy atom. The summed E-state index contributed by atoms with van der Waals surface area (Å²) in [7, 11) is 0. The predicted molar refractivity (Wildman–Crippen MR) is 65.8 cm³/mol. The van der Waals surface area contributed by atoms with Gasteiger partial charge in [0.1, 0.15) is 5.82 Å². The van der Waals surface area contributed by atoms with Crippen LogP contribution >= 0.6 is 11.6 Å². The van der Waals surface area contributed by atoms with Gasteiger partial charge < -0.3 is 5.32 Å². The number of amides is 1. The number of hydrogen-bond acceptors (Lipinski definition) is 1. The van der Waals surface area contributed by atoms with E-state index in [-0.39, 0.29) is 11.7 Å². The number of benzene rings is 2. The molecule has 2 aromatic carbocycles. The summed E-state index contributed by atoms with van der Waals surface area (Å²) >= 11 is 5.78. The number of nitrogens with one attached hydrogen (secondary N) is 1. The third-order valence-corrected chi connectivity index (χ3v) is 2.42. The Morgan fingerprint density at radius 2 is 1.82 bits per heavy atom. The maximum Gasteiger partial charge on any atom is 0.255 e. The summed E-state index contributed by atoms with van der Waals surface area (Å²) in [5.41, 5.74) is 0.998. The Bertz CT molecular complexity index is 539. The van der Waals surface area contributed by atoms with Crippen LogP contribution in [0.15, 0.2) is 48.5 Å². The smallest absolute Gasteiger partial charge is 0.255 e. The van der Waals surface area contributed by atoms with E-state index in [1.54, 1.807) is 24.3 Å². The molecule has 4 heteroatoms. The van der Waals surface area contributed by atoms with Gasteiger partial charge in [-0.1, -0.05) is 17.7 Å². The molecule has 0 aliphatic heterocycles. The van der Waals surface area contributed by atoms with Crippen molar-refractivity contribution in [3.05, 3.63) is 64.9 Å². The molecule has 0 unspecified atom stereocenters. The Hall–Kier alpha value is -1.87. The molecule has 0 aliphatic rings. The van der Waals surface area contributed by atoms with Crippen molar-refractivity contribution < 1.29 is 9.18 Å². The molecule has 0 atom stereocenters. The fourth-order valence-corrected chi connectivity index (χ4v) is 1.56. The average molecular weight is 250 g/mol. The minimum Gasteiger partial charge on any atom is -0.322 e. The van der Waals surface area contributed by atoms with E-state index in [1.165, 1.54) is 24.3 Å². The van der Waals surface area contributed by atoms with Crippen LogP contribution < -0.4 is 5.32 Å². The van der Waals surface area contributed by atoms with E-state index in [9.17, 15) is 9.18 Å². The molecule has 86 valence electrons. The first-order valence-corrected chi connectivity index (χ1v) is 5.35. The minimum absolute atomic E-state index is 0.279. The summed E-state index contributed by atoms with van der Waals surface area (Å²) < 4.78 is 12.7. The maximum atomic E-state index is 12.7.